The minimum atomic E-state index is -4.73. The van der Waals surface area contributed by atoms with Crippen LogP contribution in [-0.2, 0) is 21.1 Å². The number of nitrogens with one attached hydrogen (secondary N) is 1. The van der Waals surface area contributed by atoms with Crippen LogP contribution in [0.2, 0.25) is 0 Å². The van der Waals surface area contributed by atoms with Crippen LogP contribution in [0, 0.1) is 11.6 Å². The largest absolute Gasteiger partial charge is 0.462 e. The molecule has 1 fully saturated rings. The Kier molecular flexibility index (Phi) is 6.83. The Labute approximate surface area is 209 Å². The number of carbonyl (C=O) groups is 2. The number of aromatic nitrogens is 2. The summed E-state index contributed by atoms with van der Waals surface area (Å²) in [5, 5.41) is 6.68. The van der Waals surface area contributed by atoms with Gasteiger partial charge in [0, 0.05) is 34.6 Å². The molecule has 0 aliphatic heterocycles. The lowest BCUT2D eigenvalue weighted by Crippen LogP contribution is -2.29. The van der Waals surface area contributed by atoms with Crippen molar-refractivity contribution in [3.63, 3.8) is 0 Å². The van der Waals surface area contributed by atoms with Crippen molar-refractivity contribution in [2.24, 2.45) is 0 Å². The summed E-state index contributed by atoms with van der Waals surface area (Å²) in [6.45, 7) is 5.38. The first-order valence-electron chi connectivity index (χ1n) is 11.6. The smallest absolute Gasteiger partial charge is 0.416 e. The van der Waals surface area contributed by atoms with E-state index in [1.807, 2.05) is 13.8 Å². The fourth-order valence-electron chi connectivity index (χ4n) is 4.17. The molecule has 6 nitrogen and oxygen atoms in total. The van der Waals surface area contributed by atoms with Crippen molar-refractivity contribution >= 4 is 17.6 Å². The van der Waals surface area contributed by atoms with E-state index < -0.39 is 40.7 Å². The lowest BCUT2D eigenvalue weighted by atomic mass is 9.93. The number of amides is 1. The number of hydrogen-bond acceptors (Lipinski definition) is 4. The van der Waals surface area contributed by atoms with Crippen molar-refractivity contribution in [1.82, 2.24) is 9.78 Å². The van der Waals surface area contributed by atoms with E-state index >= 15 is 4.39 Å². The third-order valence-electron chi connectivity index (χ3n) is 6.26. The summed E-state index contributed by atoms with van der Waals surface area (Å²) in [6, 6.07) is 4.28. The first-order valence-corrected chi connectivity index (χ1v) is 11.6. The van der Waals surface area contributed by atoms with Gasteiger partial charge in [-0.25, -0.2) is 13.6 Å². The number of nitrogens with zero attached hydrogens (tertiary/aromatic N) is 2. The van der Waals surface area contributed by atoms with Gasteiger partial charge in [-0.2, -0.15) is 18.3 Å². The maximum absolute atomic E-state index is 15.4. The van der Waals surface area contributed by atoms with E-state index in [1.54, 1.807) is 17.8 Å². The van der Waals surface area contributed by atoms with Crippen LogP contribution in [0.25, 0.3) is 11.1 Å². The second-order valence-electron chi connectivity index (χ2n) is 9.13. The number of rotatable bonds is 7. The molecule has 1 N–H and O–H groups in total. The van der Waals surface area contributed by atoms with Gasteiger partial charge in [-0.1, -0.05) is 6.07 Å². The molecule has 4 rings (SSSR count). The van der Waals surface area contributed by atoms with E-state index in [0.29, 0.717) is 11.6 Å². The highest BCUT2D eigenvalue weighted by molar-refractivity contribution is 6.04. The molecule has 0 bridgehead atoms. The molecule has 2 aromatic carbocycles. The van der Waals surface area contributed by atoms with E-state index in [0.717, 1.165) is 18.2 Å². The highest BCUT2D eigenvalue weighted by Gasteiger charge is 2.53. The number of halogens is 5. The molecule has 0 atom stereocenters. The molecule has 0 saturated heterocycles. The molecule has 0 radical (unpaired) electrons. The predicted octanol–water partition coefficient (Wildman–Crippen LogP) is 6.28. The predicted molar refractivity (Wildman–Crippen MR) is 125 cm³/mol. The van der Waals surface area contributed by atoms with Crippen LogP contribution >= 0.6 is 0 Å². The molecule has 1 heterocycles. The number of hydrogen-bond donors (Lipinski definition) is 1. The lowest BCUT2D eigenvalue weighted by Gasteiger charge is -2.19. The molecule has 37 heavy (non-hydrogen) atoms. The highest BCUT2D eigenvalue weighted by atomic mass is 19.4. The standard InChI is InChI=1S/C26H24F5N3O3/c1-4-37-23(35)18-10-17(11-21(28)22(18)15-12-32-34(13-15)14(2)3)33-24(36)25(7-8-25)19-6-5-16(9-20(19)27)26(29,30)31/h5-6,9-14H,4,7-8H2,1-3H3,(H,33,36). The molecule has 1 aliphatic carbocycles. The molecular formula is C26H24F5N3O3. The van der Waals surface area contributed by atoms with E-state index in [1.165, 1.54) is 12.3 Å². The van der Waals surface area contributed by atoms with Gasteiger partial charge in [-0.05, 0) is 57.9 Å². The maximum atomic E-state index is 15.4. The zero-order valence-electron chi connectivity index (χ0n) is 20.2. The monoisotopic (exact) mass is 521 g/mol. The lowest BCUT2D eigenvalue weighted by molar-refractivity contribution is -0.137. The third kappa shape index (κ3) is 5.07. The van der Waals surface area contributed by atoms with Crippen LogP contribution < -0.4 is 5.32 Å². The average molecular weight is 521 g/mol. The Bertz CT molecular complexity index is 1360. The molecule has 196 valence electrons. The number of ether oxygens (including phenoxy) is 1. The number of carbonyl (C=O) groups excluding carboxylic acids is 2. The number of esters is 1. The fourth-order valence-corrected chi connectivity index (χ4v) is 4.17. The number of anilines is 1. The van der Waals surface area contributed by atoms with Gasteiger partial charge in [0.05, 0.1) is 29.3 Å². The van der Waals surface area contributed by atoms with E-state index in [9.17, 15) is 27.2 Å². The van der Waals surface area contributed by atoms with Crippen molar-refractivity contribution in [1.29, 1.82) is 0 Å². The van der Waals surface area contributed by atoms with Crippen LogP contribution in [0.1, 0.15) is 61.1 Å². The van der Waals surface area contributed by atoms with Gasteiger partial charge in [-0.3, -0.25) is 9.48 Å². The third-order valence-corrected chi connectivity index (χ3v) is 6.26. The van der Waals surface area contributed by atoms with Crippen molar-refractivity contribution in [3.05, 3.63) is 71.1 Å². The Morgan fingerprint density at radius 1 is 1.14 bits per heavy atom. The molecule has 1 aromatic heterocycles. The molecule has 11 heteroatoms. The van der Waals surface area contributed by atoms with E-state index in [-0.39, 0.29) is 47.9 Å². The minimum Gasteiger partial charge on any atom is -0.462 e. The Balaban J connectivity index is 1.68. The summed E-state index contributed by atoms with van der Waals surface area (Å²) in [7, 11) is 0. The van der Waals surface area contributed by atoms with Crippen molar-refractivity contribution in [2.45, 2.75) is 51.2 Å². The first kappa shape index (κ1) is 26.3. The van der Waals surface area contributed by atoms with E-state index in [4.69, 9.17) is 4.74 Å². The summed E-state index contributed by atoms with van der Waals surface area (Å²) in [6.07, 6.45) is -1.35. The first-order chi connectivity index (χ1) is 17.4. The zero-order chi connectivity index (χ0) is 27.1. The van der Waals surface area contributed by atoms with Gasteiger partial charge < -0.3 is 10.1 Å². The quantitative estimate of drug-likeness (QED) is 0.294. The van der Waals surface area contributed by atoms with Gasteiger partial charge in [0.15, 0.2) is 0 Å². The topological polar surface area (TPSA) is 73.2 Å². The summed E-state index contributed by atoms with van der Waals surface area (Å²) in [5.74, 6) is -3.52. The Morgan fingerprint density at radius 2 is 1.84 bits per heavy atom. The van der Waals surface area contributed by atoms with E-state index in [2.05, 4.69) is 10.4 Å². The van der Waals surface area contributed by atoms with Gasteiger partial charge in [0.1, 0.15) is 11.6 Å². The number of benzene rings is 2. The van der Waals surface area contributed by atoms with Crippen LogP contribution in [0.15, 0.2) is 42.7 Å². The van der Waals surface area contributed by atoms with Gasteiger partial charge in [0.2, 0.25) is 5.91 Å². The molecule has 1 saturated carbocycles. The molecule has 0 spiro atoms. The maximum Gasteiger partial charge on any atom is 0.416 e. The van der Waals surface area contributed by atoms with Gasteiger partial charge in [0.25, 0.3) is 0 Å². The highest BCUT2D eigenvalue weighted by Crippen LogP contribution is 2.50. The zero-order valence-corrected chi connectivity index (χ0v) is 20.2. The number of alkyl halides is 3. The molecular weight excluding hydrogens is 497 g/mol. The van der Waals surface area contributed by atoms with Crippen LogP contribution in [-0.4, -0.2) is 28.3 Å². The SMILES string of the molecule is CCOC(=O)c1cc(NC(=O)C2(c3ccc(C(F)(F)F)cc3F)CC2)cc(F)c1-c1cnn(C(C)C)c1. The summed E-state index contributed by atoms with van der Waals surface area (Å²) in [5.41, 5.74) is -2.69. The van der Waals surface area contributed by atoms with Gasteiger partial charge >= 0.3 is 12.1 Å². The summed E-state index contributed by atoms with van der Waals surface area (Å²) < 4.78 is 75.4. The second-order valence-corrected chi connectivity index (χ2v) is 9.13. The molecule has 1 amide bonds. The Hall–Kier alpha value is -3.76. The second kappa shape index (κ2) is 9.60. The Morgan fingerprint density at radius 3 is 2.38 bits per heavy atom. The molecule has 0 unspecified atom stereocenters. The van der Waals surface area contributed by atoms with Crippen molar-refractivity contribution < 1.29 is 36.3 Å². The van der Waals surface area contributed by atoms with Crippen molar-refractivity contribution in [3.8, 4) is 11.1 Å². The fraction of sp³-hybridized carbons (Fsp3) is 0.346. The normalized spacial score (nSPS) is 14.5. The van der Waals surface area contributed by atoms with Crippen LogP contribution in [0.5, 0.6) is 0 Å². The minimum absolute atomic E-state index is 0.0123. The van der Waals surface area contributed by atoms with Gasteiger partial charge in [-0.15, -0.1) is 0 Å². The average Bonchev–Trinajstić information content (AvgIpc) is 3.47. The summed E-state index contributed by atoms with van der Waals surface area (Å²) in [4.78, 5) is 25.8. The van der Waals surface area contributed by atoms with Crippen LogP contribution in [0.4, 0.5) is 27.6 Å². The molecule has 1 aliphatic rings. The molecule has 3 aromatic rings. The van der Waals surface area contributed by atoms with Crippen molar-refractivity contribution in [2.75, 3.05) is 11.9 Å². The van der Waals surface area contributed by atoms with Crippen LogP contribution in [0.3, 0.4) is 0 Å². The summed E-state index contributed by atoms with van der Waals surface area (Å²) >= 11 is 0.